The molecular weight excluding hydrogens is 379 g/mol. The Morgan fingerprint density at radius 2 is 1.62 bits per heavy atom. The van der Waals surface area contributed by atoms with Crippen LogP contribution in [-0.2, 0) is 12.7 Å². The van der Waals surface area contributed by atoms with Gasteiger partial charge in [-0.25, -0.2) is 0 Å². The van der Waals surface area contributed by atoms with Crippen LogP contribution in [0.1, 0.15) is 22.9 Å². The lowest BCUT2D eigenvalue weighted by molar-refractivity contribution is -0.137. The number of aliphatic hydroxyl groups excluding tert-OH is 1. The maximum Gasteiger partial charge on any atom is 0.416 e. The average molecular weight is 399 g/mol. The number of halogens is 3. The minimum Gasteiger partial charge on any atom is -0.492 e. The smallest absolute Gasteiger partial charge is 0.416 e. The summed E-state index contributed by atoms with van der Waals surface area (Å²) in [6.07, 6.45) is -5.24. The Morgan fingerprint density at radius 3 is 2.31 bits per heavy atom. The van der Waals surface area contributed by atoms with Crippen molar-refractivity contribution in [1.29, 1.82) is 0 Å². The summed E-state index contributed by atoms with van der Waals surface area (Å²) in [5.41, 5.74) is 2.37. The topological polar surface area (TPSA) is 32.7 Å². The van der Waals surface area contributed by atoms with Crippen LogP contribution in [0.3, 0.4) is 0 Å². The summed E-state index contributed by atoms with van der Waals surface area (Å²) in [6, 6.07) is 20.2. The van der Waals surface area contributed by atoms with Gasteiger partial charge in [0.25, 0.3) is 0 Å². The molecule has 0 spiro atoms. The first-order chi connectivity index (χ1) is 13.9. The maximum absolute atomic E-state index is 12.8. The Balaban J connectivity index is 1.62. The second-order valence-corrected chi connectivity index (χ2v) is 7.01. The van der Waals surface area contributed by atoms with Crippen LogP contribution >= 0.6 is 0 Å². The molecule has 1 aliphatic heterocycles. The Kier molecular flexibility index (Phi) is 5.30. The van der Waals surface area contributed by atoms with Crippen LogP contribution < -0.4 is 4.74 Å². The van der Waals surface area contributed by atoms with Gasteiger partial charge in [0, 0.05) is 18.7 Å². The van der Waals surface area contributed by atoms with Crippen molar-refractivity contribution in [3.63, 3.8) is 0 Å². The predicted octanol–water partition coefficient (Wildman–Crippen LogP) is 5.26. The van der Waals surface area contributed by atoms with Crippen LogP contribution in [0.5, 0.6) is 5.75 Å². The molecule has 3 aromatic carbocycles. The van der Waals surface area contributed by atoms with E-state index in [1.165, 1.54) is 12.1 Å². The van der Waals surface area contributed by atoms with Crippen molar-refractivity contribution in [2.75, 3.05) is 13.2 Å². The zero-order valence-corrected chi connectivity index (χ0v) is 15.6. The molecule has 0 radical (unpaired) electrons. The molecule has 1 heterocycles. The summed E-state index contributed by atoms with van der Waals surface area (Å²) < 4.78 is 44.2. The van der Waals surface area contributed by atoms with E-state index in [-0.39, 0.29) is 0 Å². The molecule has 1 N–H and O–H groups in total. The molecule has 0 fully saturated rings. The summed E-state index contributed by atoms with van der Waals surface area (Å²) in [7, 11) is 0. The van der Waals surface area contributed by atoms with Gasteiger partial charge >= 0.3 is 6.18 Å². The standard InChI is InChI=1S/C23H20F3NO2/c24-23(25,26)19-9-6-17(7-10-19)18-8-11-21-20(14-18)22(28)27(12-13-29-21)15-16-4-2-1-3-5-16/h1-11,14,22,28H,12-13,15H2. The molecule has 3 aromatic rings. The van der Waals surface area contributed by atoms with Gasteiger partial charge in [-0.3, -0.25) is 4.90 Å². The van der Waals surface area contributed by atoms with E-state index in [2.05, 4.69) is 0 Å². The van der Waals surface area contributed by atoms with Gasteiger partial charge < -0.3 is 9.84 Å². The van der Waals surface area contributed by atoms with E-state index < -0.39 is 18.0 Å². The molecule has 0 saturated carbocycles. The van der Waals surface area contributed by atoms with Crippen molar-refractivity contribution in [2.24, 2.45) is 0 Å². The summed E-state index contributed by atoms with van der Waals surface area (Å²) in [5, 5.41) is 11.0. The Morgan fingerprint density at radius 1 is 0.931 bits per heavy atom. The Bertz CT molecular complexity index is 972. The van der Waals surface area contributed by atoms with Crippen LogP contribution in [-0.4, -0.2) is 23.2 Å². The molecule has 4 rings (SSSR count). The van der Waals surface area contributed by atoms with Crippen molar-refractivity contribution in [2.45, 2.75) is 18.9 Å². The lowest BCUT2D eigenvalue weighted by atomic mass is 10.00. The van der Waals surface area contributed by atoms with Crippen molar-refractivity contribution in [3.05, 3.63) is 89.5 Å². The zero-order chi connectivity index (χ0) is 20.4. The van der Waals surface area contributed by atoms with Gasteiger partial charge in [-0.15, -0.1) is 0 Å². The molecule has 29 heavy (non-hydrogen) atoms. The molecule has 1 aliphatic rings. The molecule has 3 nitrogen and oxygen atoms in total. The lowest BCUT2D eigenvalue weighted by Gasteiger charge is -2.25. The van der Waals surface area contributed by atoms with Crippen LogP contribution in [0.25, 0.3) is 11.1 Å². The summed E-state index contributed by atoms with van der Waals surface area (Å²) in [4.78, 5) is 1.91. The van der Waals surface area contributed by atoms with E-state index >= 15 is 0 Å². The lowest BCUT2D eigenvalue weighted by Crippen LogP contribution is -2.29. The molecule has 1 atom stereocenters. The number of aliphatic hydroxyl groups is 1. The predicted molar refractivity (Wildman–Crippen MR) is 104 cm³/mol. The fourth-order valence-corrected chi connectivity index (χ4v) is 3.49. The Labute approximate surface area is 167 Å². The van der Waals surface area contributed by atoms with E-state index in [4.69, 9.17) is 4.74 Å². The first kappa shape index (κ1) is 19.5. The minimum absolute atomic E-state index is 0.441. The van der Waals surface area contributed by atoms with Crippen molar-refractivity contribution < 1.29 is 23.0 Å². The third kappa shape index (κ3) is 4.28. The second-order valence-electron chi connectivity index (χ2n) is 7.01. The number of ether oxygens (including phenoxy) is 1. The minimum atomic E-state index is -4.37. The number of nitrogens with zero attached hydrogens (tertiary/aromatic N) is 1. The van der Waals surface area contributed by atoms with E-state index in [9.17, 15) is 18.3 Å². The summed E-state index contributed by atoms with van der Waals surface area (Å²) >= 11 is 0. The highest BCUT2D eigenvalue weighted by Crippen LogP contribution is 2.36. The summed E-state index contributed by atoms with van der Waals surface area (Å²) in [5.74, 6) is 0.587. The average Bonchev–Trinajstić information content (AvgIpc) is 2.87. The van der Waals surface area contributed by atoms with Crippen LogP contribution in [0.15, 0.2) is 72.8 Å². The molecule has 1 unspecified atom stereocenters. The van der Waals surface area contributed by atoms with E-state index in [1.807, 2.05) is 35.2 Å². The van der Waals surface area contributed by atoms with Gasteiger partial charge in [-0.05, 0) is 41.0 Å². The monoisotopic (exact) mass is 399 g/mol. The van der Waals surface area contributed by atoms with Crippen LogP contribution in [0.4, 0.5) is 13.2 Å². The number of hydrogen-bond acceptors (Lipinski definition) is 3. The number of rotatable bonds is 3. The highest BCUT2D eigenvalue weighted by atomic mass is 19.4. The molecule has 0 amide bonds. The van der Waals surface area contributed by atoms with Crippen molar-refractivity contribution >= 4 is 0 Å². The van der Waals surface area contributed by atoms with Gasteiger partial charge in [0.15, 0.2) is 0 Å². The first-order valence-electron chi connectivity index (χ1n) is 9.32. The highest BCUT2D eigenvalue weighted by Gasteiger charge is 2.30. The van der Waals surface area contributed by atoms with Gasteiger partial charge in [0.2, 0.25) is 0 Å². The maximum atomic E-state index is 12.8. The van der Waals surface area contributed by atoms with Crippen molar-refractivity contribution in [1.82, 2.24) is 4.90 Å². The quantitative estimate of drug-likeness (QED) is 0.652. The molecule has 0 saturated heterocycles. The van der Waals surface area contributed by atoms with Gasteiger partial charge in [-0.1, -0.05) is 48.5 Å². The second kappa shape index (κ2) is 7.89. The van der Waals surface area contributed by atoms with Gasteiger partial charge in [-0.2, -0.15) is 13.2 Å². The van der Waals surface area contributed by atoms with E-state index in [1.54, 1.807) is 18.2 Å². The fourth-order valence-electron chi connectivity index (χ4n) is 3.49. The normalized spacial score (nSPS) is 17.3. The zero-order valence-electron chi connectivity index (χ0n) is 15.6. The largest absolute Gasteiger partial charge is 0.492 e. The van der Waals surface area contributed by atoms with Crippen LogP contribution in [0.2, 0.25) is 0 Å². The third-order valence-corrected chi connectivity index (χ3v) is 5.04. The third-order valence-electron chi connectivity index (χ3n) is 5.04. The van der Waals surface area contributed by atoms with Crippen molar-refractivity contribution in [3.8, 4) is 16.9 Å². The Hall–Kier alpha value is -2.83. The molecule has 6 heteroatoms. The molecule has 150 valence electrons. The van der Waals surface area contributed by atoms with Crippen LogP contribution in [0, 0.1) is 0 Å². The molecule has 0 aliphatic carbocycles. The molecule has 0 aromatic heterocycles. The number of benzene rings is 3. The van der Waals surface area contributed by atoms with E-state index in [0.717, 1.165) is 23.3 Å². The fraction of sp³-hybridized carbons (Fsp3) is 0.217. The van der Waals surface area contributed by atoms with Gasteiger partial charge in [0.1, 0.15) is 18.6 Å². The van der Waals surface area contributed by atoms with Gasteiger partial charge in [0.05, 0.1) is 5.56 Å². The summed E-state index contributed by atoms with van der Waals surface area (Å²) in [6.45, 7) is 1.56. The highest BCUT2D eigenvalue weighted by molar-refractivity contribution is 5.66. The first-order valence-corrected chi connectivity index (χ1v) is 9.32. The van der Waals surface area contributed by atoms with E-state index in [0.29, 0.717) is 36.6 Å². The number of fused-ring (bicyclic) bond motifs is 1. The number of hydrogen-bond donors (Lipinski definition) is 1. The SMILES string of the molecule is OC1c2cc(-c3ccc(C(F)(F)F)cc3)ccc2OCCN1Cc1ccccc1. The number of alkyl halides is 3. The molecular formula is C23H20F3NO2. The molecule has 0 bridgehead atoms.